The highest BCUT2D eigenvalue weighted by Crippen LogP contribution is 2.20. The van der Waals surface area contributed by atoms with Crippen LogP contribution in [0.4, 0.5) is 11.8 Å². The number of carbonyl (C=O) groups is 1. The van der Waals surface area contributed by atoms with Gasteiger partial charge in [-0.3, -0.25) is 0 Å². The van der Waals surface area contributed by atoms with Gasteiger partial charge in [-0.15, -0.1) is 0 Å². The van der Waals surface area contributed by atoms with Gasteiger partial charge in [0.05, 0.1) is 18.2 Å². The molecule has 136 valence electrons. The first-order chi connectivity index (χ1) is 12.5. The summed E-state index contributed by atoms with van der Waals surface area (Å²) in [4.78, 5) is 26.1. The summed E-state index contributed by atoms with van der Waals surface area (Å²) in [7, 11) is 3.39. The molecule has 3 aromatic rings. The van der Waals surface area contributed by atoms with E-state index in [0.29, 0.717) is 29.6 Å². The summed E-state index contributed by atoms with van der Waals surface area (Å²) in [6.07, 6.45) is 1.85. The van der Waals surface area contributed by atoms with Crippen LogP contribution in [-0.4, -0.2) is 41.1 Å². The number of hydrogen-bond donors (Lipinski definition) is 2. The molecule has 26 heavy (non-hydrogen) atoms. The number of ether oxygens (including phenoxy) is 1. The Morgan fingerprint density at radius 3 is 2.77 bits per heavy atom. The Kier molecular flexibility index (Phi) is 5.06. The van der Waals surface area contributed by atoms with Crippen LogP contribution in [0.2, 0.25) is 0 Å². The molecule has 0 saturated heterocycles. The third-order valence-corrected chi connectivity index (χ3v) is 4.32. The minimum Gasteiger partial charge on any atom is -0.465 e. The third-order valence-electron chi connectivity index (χ3n) is 4.32. The molecule has 0 radical (unpaired) electrons. The first-order valence-electron chi connectivity index (χ1n) is 8.48. The van der Waals surface area contributed by atoms with Crippen molar-refractivity contribution < 1.29 is 9.53 Å². The van der Waals surface area contributed by atoms with E-state index in [4.69, 9.17) is 4.74 Å². The Balaban J connectivity index is 1.73. The van der Waals surface area contributed by atoms with Crippen LogP contribution in [0.5, 0.6) is 0 Å². The number of imidazole rings is 1. The Bertz CT molecular complexity index is 902. The average molecular weight is 353 g/mol. The number of esters is 1. The number of methoxy groups -OCH3 is 1. The zero-order valence-corrected chi connectivity index (χ0v) is 15.4. The second-order valence-electron chi connectivity index (χ2n) is 6.36. The van der Waals surface area contributed by atoms with E-state index >= 15 is 0 Å². The first kappa shape index (κ1) is 17.7. The van der Waals surface area contributed by atoms with Crippen LogP contribution in [0.1, 0.15) is 29.8 Å². The highest BCUT2D eigenvalue weighted by atomic mass is 16.5. The summed E-state index contributed by atoms with van der Waals surface area (Å²) in [5.74, 6) is 1.14. The van der Waals surface area contributed by atoms with Crippen molar-refractivity contribution in [2.45, 2.75) is 26.4 Å². The minimum absolute atomic E-state index is 0.394. The fourth-order valence-electron chi connectivity index (χ4n) is 2.57. The number of nitrogens with zero attached hydrogens (tertiary/aromatic N) is 3. The average Bonchev–Trinajstić information content (AvgIpc) is 3.08. The van der Waals surface area contributed by atoms with Gasteiger partial charge >= 0.3 is 5.97 Å². The number of anilines is 2. The molecule has 0 aliphatic rings. The zero-order valence-electron chi connectivity index (χ0n) is 15.4. The Morgan fingerprint density at radius 1 is 1.31 bits per heavy atom. The van der Waals surface area contributed by atoms with Crippen molar-refractivity contribution in [2.75, 3.05) is 24.4 Å². The quantitative estimate of drug-likeness (QED) is 0.662. The van der Waals surface area contributed by atoms with Gasteiger partial charge in [0.25, 0.3) is 0 Å². The topological polar surface area (TPSA) is 83.1 Å². The number of pyridine rings is 1. The Morgan fingerprint density at radius 2 is 2.12 bits per heavy atom. The lowest BCUT2D eigenvalue weighted by molar-refractivity contribution is 0.0603. The lowest BCUT2D eigenvalue weighted by Crippen LogP contribution is -2.26. The zero-order chi connectivity index (χ0) is 18.7. The fraction of sp³-hybridized carbons (Fsp3) is 0.316. The van der Waals surface area contributed by atoms with Crippen LogP contribution in [-0.2, 0) is 11.3 Å². The van der Waals surface area contributed by atoms with Gasteiger partial charge in [0.2, 0.25) is 5.95 Å². The monoisotopic (exact) mass is 353 g/mol. The van der Waals surface area contributed by atoms with E-state index in [-0.39, 0.29) is 0 Å². The number of carbonyl (C=O) groups excluding carboxylic acids is 1. The van der Waals surface area contributed by atoms with Crippen molar-refractivity contribution in [1.82, 2.24) is 15.0 Å². The number of H-pyrrole nitrogens is 1. The van der Waals surface area contributed by atoms with Crippen molar-refractivity contribution in [1.29, 1.82) is 0 Å². The molecule has 0 unspecified atom stereocenters. The molecule has 0 aliphatic carbocycles. The number of fused-ring (bicyclic) bond motifs is 1. The highest BCUT2D eigenvalue weighted by Gasteiger charge is 2.14. The summed E-state index contributed by atoms with van der Waals surface area (Å²) in [5, 5.41) is 3.23. The number of para-hydroxylation sites is 1. The van der Waals surface area contributed by atoms with Crippen molar-refractivity contribution >= 4 is 28.8 Å². The predicted octanol–water partition coefficient (Wildman–Crippen LogP) is 3.20. The molecule has 2 N–H and O–H groups in total. The number of nitrogens with one attached hydrogen (secondary N) is 2. The van der Waals surface area contributed by atoms with Gasteiger partial charge in [-0.05, 0) is 37.6 Å². The van der Waals surface area contributed by atoms with E-state index < -0.39 is 5.97 Å². The molecule has 0 fully saturated rings. The summed E-state index contributed by atoms with van der Waals surface area (Å²) in [5.41, 5.74) is 2.85. The molecular weight excluding hydrogens is 330 g/mol. The smallest absolute Gasteiger partial charge is 0.340 e. The maximum absolute atomic E-state index is 11.8. The van der Waals surface area contributed by atoms with E-state index in [1.54, 1.807) is 12.1 Å². The molecule has 0 spiro atoms. The maximum atomic E-state index is 11.8. The first-order valence-corrected chi connectivity index (χ1v) is 8.48. The number of aromatic nitrogens is 3. The SMILES string of the molecule is COC(=O)c1cccc2[nH]c(NCc3ccc(N(C)C(C)C)nc3)nc12. The van der Waals surface area contributed by atoms with Gasteiger partial charge in [-0.1, -0.05) is 12.1 Å². The maximum Gasteiger partial charge on any atom is 0.340 e. The minimum atomic E-state index is -0.400. The van der Waals surface area contributed by atoms with Gasteiger partial charge in [0, 0.05) is 25.8 Å². The molecule has 0 atom stereocenters. The lowest BCUT2D eigenvalue weighted by Gasteiger charge is -2.22. The van der Waals surface area contributed by atoms with E-state index in [1.165, 1.54) is 7.11 Å². The Labute approximate surface area is 152 Å². The number of aromatic amines is 1. The van der Waals surface area contributed by atoms with Crippen molar-refractivity contribution in [3.8, 4) is 0 Å². The fourth-order valence-corrected chi connectivity index (χ4v) is 2.57. The molecule has 2 heterocycles. The molecule has 0 bridgehead atoms. The third kappa shape index (κ3) is 3.61. The molecule has 2 aromatic heterocycles. The summed E-state index contributed by atoms with van der Waals surface area (Å²) in [6.45, 7) is 4.83. The number of benzene rings is 1. The van der Waals surface area contributed by atoms with E-state index in [1.807, 2.05) is 31.4 Å². The van der Waals surface area contributed by atoms with Crippen LogP contribution in [0, 0.1) is 0 Å². The lowest BCUT2D eigenvalue weighted by atomic mass is 10.2. The standard InChI is InChI=1S/C19H23N5O2/c1-12(2)24(3)16-9-8-13(10-20-16)11-21-19-22-15-7-5-6-14(17(15)23-19)18(25)26-4/h5-10,12H,11H2,1-4H3,(H2,21,22,23). The number of hydrogen-bond acceptors (Lipinski definition) is 6. The summed E-state index contributed by atoms with van der Waals surface area (Å²) < 4.78 is 4.80. The van der Waals surface area contributed by atoms with Gasteiger partial charge in [0.1, 0.15) is 11.3 Å². The van der Waals surface area contributed by atoms with Gasteiger partial charge in [0.15, 0.2) is 0 Å². The van der Waals surface area contributed by atoms with Crippen LogP contribution < -0.4 is 10.2 Å². The molecule has 7 heteroatoms. The molecule has 7 nitrogen and oxygen atoms in total. The molecule has 0 saturated carbocycles. The van der Waals surface area contributed by atoms with Gasteiger partial charge in [-0.2, -0.15) is 0 Å². The molecule has 0 amide bonds. The predicted molar refractivity (Wildman–Crippen MR) is 103 cm³/mol. The molecule has 1 aromatic carbocycles. The largest absolute Gasteiger partial charge is 0.465 e. The van der Waals surface area contributed by atoms with E-state index in [9.17, 15) is 4.79 Å². The van der Waals surface area contributed by atoms with Crippen molar-refractivity contribution in [3.05, 3.63) is 47.7 Å². The van der Waals surface area contributed by atoms with E-state index in [0.717, 1.165) is 16.9 Å². The molecule has 3 rings (SSSR count). The second-order valence-corrected chi connectivity index (χ2v) is 6.36. The normalized spacial score (nSPS) is 11.0. The summed E-state index contributed by atoms with van der Waals surface area (Å²) >= 11 is 0. The van der Waals surface area contributed by atoms with Crippen LogP contribution in [0.15, 0.2) is 36.5 Å². The van der Waals surface area contributed by atoms with Crippen LogP contribution in [0.25, 0.3) is 11.0 Å². The van der Waals surface area contributed by atoms with Gasteiger partial charge < -0.3 is 19.9 Å². The van der Waals surface area contributed by atoms with Crippen molar-refractivity contribution in [2.24, 2.45) is 0 Å². The van der Waals surface area contributed by atoms with Crippen molar-refractivity contribution in [3.63, 3.8) is 0 Å². The summed E-state index contributed by atoms with van der Waals surface area (Å²) in [6, 6.07) is 9.81. The van der Waals surface area contributed by atoms with E-state index in [2.05, 4.69) is 39.0 Å². The number of rotatable bonds is 6. The van der Waals surface area contributed by atoms with Crippen LogP contribution in [0.3, 0.4) is 0 Å². The Hall–Kier alpha value is -3.09. The molecule has 0 aliphatic heterocycles. The van der Waals surface area contributed by atoms with Crippen LogP contribution >= 0.6 is 0 Å². The molecular formula is C19H23N5O2. The highest BCUT2D eigenvalue weighted by molar-refractivity contribution is 6.02. The van der Waals surface area contributed by atoms with Gasteiger partial charge in [-0.25, -0.2) is 14.8 Å². The second kappa shape index (κ2) is 7.43.